The van der Waals surface area contributed by atoms with Crippen LogP contribution in [0.15, 0.2) is 30.5 Å². The lowest BCUT2D eigenvalue weighted by Gasteiger charge is -2.39. The number of cyclic esters (lactones) is 1. The zero-order valence-corrected chi connectivity index (χ0v) is 19.6. The second-order valence-corrected chi connectivity index (χ2v) is 8.89. The first-order chi connectivity index (χ1) is 17.0. The smallest absolute Gasteiger partial charge is 0.310 e. The van der Waals surface area contributed by atoms with Crippen LogP contribution < -0.4 is 18.9 Å². The van der Waals surface area contributed by atoms with Gasteiger partial charge in [-0.3, -0.25) is 4.79 Å². The number of phenolic OH excluding ortho intramolecular Hbond substituents is 1. The lowest BCUT2D eigenvalue weighted by molar-refractivity contribution is -0.141. The van der Waals surface area contributed by atoms with E-state index in [0.29, 0.717) is 11.5 Å². The van der Waals surface area contributed by atoms with Crippen LogP contribution >= 0.6 is 0 Å². The van der Waals surface area contributed by atoms with Gasteiger partial charge in [-0.2, -0.15) is 0 Å². The van der Waals surface area contributed by atoms with E-state index in [1.807, 2.05) is 29.9 Å². The molecule has 10 nitrogen and oxygen atoms in total. The molecular formula is C25H25N3O7. The molecule has 3 heterocycles. The number of aromatic nitrogens is 3. The highest BCUT2D eigenvalue weighted by molar-refractivity contribution is 5.79. The minimum Gasteiger partial charge on any atom is -0.502 e. The molecule has 2 aromatic carbocycles. The minimum atomic E-state index is -0.499. The summed E-state index contributed by atoms with van der Waals surface area (Å²) in [7, 11) is 2.95. The van der Waals surface area contributed by atoms with Crippen molar-refractivity contribution in [1.82, 2.24) is 15.0 Å². The van der Waals surface area contributed by atoms with E-state index in [9.17, 15) is 9.90 Å². The number of hydrogen-bond acceptors (Lipinski definition) is 9. The van der Waals surface area contributed by atoms with Crippen molar-refractivity contribution in [3.05, 3.63) is 52.8 Å². The Balaban J connectivity index is 1.60. The summed E-state index contributed by atoms with van der Waals surface area (Å²) in [4.78, 5) is 13.2. The topological polar surface area (TPSA) is 114 Å². The molecule has 1 aliphatic carbocycles. The Kier molecular flexibility index (Phi) is 4.98. The number of rotatable bonds is 5. The van der Waals surface area contributed by atoms with E-state index in [-0.39, 0.29) is 48.6 Å². The van der Waals surface area contributed by atoms with Crippen LogP contribution in [-0.4, -0.2) is 53.7 Å². The number of phenols is 1. The van der Waals surface area contributed by atoms with Crippen LogP contribution in [0.5, 0.6) is 28.7 Å². The summed E-state index contributed by atoms with van der Waals surface area (Å²) in [5.41, 5.74) is 3.47. The zero-order valence-electron chi connectivity index (χ0n) is 19.6. The maximum Gasteiger partial charge on any atom is 0.310 e. The standard InChI is InChI=1S/C25H25N3O7/c1-4-13-9-28(27-26-13)23-15-8-18-17(34-11-35-18)7-14(15)21(22-16(23)10-33-25(22)30)12-5-19(31-2)24(29)20(6-12)32-3/h5-9,16,21-23,29H,4,10-11H2,1-3H3/t16-,21+,22-,23+/m0/s1. The van der Waals surface area contributed by atoms with E-state index in [0.717, 1.165) is 28.8 Å². The molecule has 0 saturated carbocycles. The highest BCUT2D eigenvalue weighted by atomic mass is 16.7. The maximum absolute atomic E-state index is 13.2. The third-order valence-corrected chi connectivity index (χ3v) is 7.21. The molecule has 182 valence electrons. The summed E-state index contributed by atoms with van der Waals surface area (Å²) in [6, 6.07) is 7.10. The molecule has 1 fully saturated rings. The molecule has 10 heteroatoms. The highest BCUT2D eigenvalue weighted by Crippen LogP contribution is 2.56. The van der Waals surface area contributed by atoms with Gasteiger partial charge < -0.3 is 28.8 Å². The van der Waals surface area contributed by atoms with Gasteiger partial charge in [0.1, 0.15) is 0 Å². The van der Waals surface area contributed by atoms with E-state index < -0.39 is 11.8 Å². The summed E-state index contributed by atoms with van der Waals surface area (Å²) in [6.07, 6.45) is 2.67. The quantitative estimate of drug-likeness (QED) is 0.552. The normalized spacial score (nSPS) is 24.0. The molecule has 0 amide bonds. The SMILES string of the molecule is CCc1cn([C@@H]2c3cc4c(cc3[C@@H](c3cc(OC)c(O)c(OC)c3)[C@H]3C(=O)OC[C@@H]32)OCO4)nn1. The molecule has 35 heavy (non-hydrogen) atoms. The second kappa shape index (κ2) is 8.07. The van der Waals surface area contributed by atoms with Gasteiger partial charge in [-0.1, -0.05) is 12.1 Å². The second-order valence-electron chi connectivity index (χ2n) is 8.89. The summed E-state index contributed by atoms with van der Waals surface area (Å²) in [6.45, 7) is 2.41. The largest absolute Gasteiger partial charge is 0.502 e. The van der Waals surface area contributed by atoms with Crippen LogP contribution in [0.1, 0.15) is 41.3 Å². The predicted octanol–water partition coefficient (Wildman–Crippen LogP) is 2.82. The number of hydrogen-bond donors (Lipinski definition) is 1. The molecule has 3 aliphatic rings. The maximum atomic E-state index is 13.2. The van der Waals surface area contributed by atoms with Crippen LogP contribution in [0.2, 0.25) is 0 Å². The minimum absolute atomic E-state index is 0.0985. The Hall–Kier alpha value is -3.95. The number of nitrogens with zero attached hydrogens (tertiary/aromatic N) is 3. The number of esters is 1. The van der Waals surface area contributed by atoms with Gasteiger partial charge in [0.15, 0.2) is 23.0 Å². The van der Waals surface area contributed by atoms with Crippen LogP contribution in [0.3, 0.4) is 0 Å². The number of ether oxygens (including phenoxy) is 5. The number of aryl methyl sites for hydroxylation is 1. The molecule has 2 aliphatic heterocycles. The Morgan fingerprint density at radius 3 is 2.37 bits per heavy atom. The number of methoxy groups -OCH3 is 2. The van der Waals surface area contributed by atoms with Crippen LogP contribution in [0, 0.1) is 11.8 Å². The fourth-order valence-corrected chi connectivity index (χ4v) is 5.58. The molecule has 3 aromatic rings. The van der Waals surface area contributed by atoms with Crippen molar-refractivity contribution in [3.63, 3.8) is 0 Å². The van der Waals surface area contributed by atoms with Crippen LogP contribution in [-0.2, 0) is 16.0 Å². The first kappa shape index (κ1) is 21.6. The van der Waals surface area contributed by atoms with Gasteiger partial charge >= 0.3 is 5.97 Å². The fourth-order valence-electron chi connectivity index (χ4n) is 5.58. The first-order valence-corrected chi connectivity index (χ1v) is 11.5. The number of benzene rings is 2. The molecule has 0 unspecified atom stereocenters. The summed E-state index contributed by atoms with van der Waals surface area (Å²) >= 11 is 0. The number of carbonyl (C=O) groups is 1. The Labute approximate surface area is 201 Å². The van der Waals surface area contributed by atoms with Crippen molar-refractivity contribution < 1.29 is 33.6 Å². The average Bonchev–Trinajstić information content (AvgIpc) is 3.62. The number of carbonyl (C=O) groups excluding carboxylic acids is 1. The van der Waals surface area contributed by atoms with Gasteiger partial charge in [0.05, 0.1) is 38.5 Å². The summed E-state index contributed by atoms with van der Waals surface area (Å²) < 4.78 is 29.7. The molecule has 0 spiro atoms. The van der Waals surface area contributed by atoms with E-state index >= 15 is 0 Å². The van der Waals surface area contributed by atoms with Crippen molar-refractivity contribution in [2.75, 3.05) is 27.6 Å². The van der Waals surface area contributed by atoms with E-state index in [1.165, 1.54) is 14.2 Å². The van der Waals surface area contributed by atoms with Gasteiger partial charge in [-0.15, -0.1) is 5.10 Å². The first-order valence-electron chi connectivity index (χ1n) is 11.5. The lowest BCUT2D eigenvalue weighted by atomic mass is 9.65. The number of aromatic hydroxyl groups is 1. The Bertz CT molecular complexity index is 1300. The molecule has 4 atom stereocenters. The van der Waals surface area contributed by atoms with Gasteiger partial charge in [0.2, 0.25) is 12.5 Å². The van der Waals surface area contributed by atoms with Gasteiger partial charge in [0.25, 0.3) is 0 Å². The molecule has 1 aromatic heterocycles. The molecule has 1 N–H and O–H groups in total. The van der Waals surface area contributed by atoms with E-state index in [4.69, 9.17) is 23.7 Å². The van der Waals surface area contributed by atoms with Crippen molar-refractivity contribution in [2.45, 2.75) is 25.3 Å². The highest BCUT2D eigenvalue weighted by Gasteiger charge is 2.53. The average molecular weight is 479 g/mol. The molecular weight excluding hydrogens is 454 g/mol. The Morgan fingerprint density at radius 1 is 1.06 bits per heavy atom. The Morgan fingerprint density at radius 2 is 1.74 bits per heavy atom. The molecule has 1 saturated heterocycles. The lowest BCUT2D eigenvalue weighted by Crippen LogP contribution is -2.37. The third-order valence-electron chi connectivity index (χ3n) is 7.21. The van der Waals surface area contributed by atoms with Crippen LogP contribution in [0.4, 0.5) is 0 Å². The number of fused-ring (bicyclic) bond motifs is 3. The predicted molar refractivity (Wildman–Crippen MR) is 121 cm³/mol. The van der Waals surface area contributed by atoms with Crippen molar-refractivity contribution >= 4 is 5.97 Å². The zero-order chi connectivity index (χ0) is 24.3. The van der Waals surface area contributed by atoms with Crippen LogP contribution in [0.25, 0.3) is 0 Å². The summed E-state index contributed by atoms with van der Waals surface area (Å²) in [5.74, 6) is 0.308. The molecule has 6 rings (SSSR count). The molecule has 0 radical (unpaired) electrons. The van der Waals surface area contributed by atoms with Crippen molar-refractivity contribution in [3.8, 4) is 28.7 Å². The van der Waals surface area contributed by atoms with Gasteiger partial charge in [-0.05, 0) is 47.4 Å². The third kappa shape index (κ3) is 3.19. The molecule has 0 bridgehead atoms. The van der Waals surface area contributed by atoms with Crippen molar-refractivity contribution in [1.29, 1.82) is 0 Å². The fraction of sp³-hybridized carbons (Fsp3) is 0.400. The van der Waals surface area contributed by atoms with Gasteiger partial charge in [-0.25, -0.2) is 4.68 Å². The van der Waals surface area contributed by atoms with E-state index in [2.05, 4.69) is 10.3 Å². The summed E-state index contributed by atoms with van der Waals surface area (Å²) in [5, 5.41) is 19.2. The monoisotopic (exact) mass is 479 g/mol. The van der Waals surface area contributed by atoms with Crippen molar-refractivity contribution in [2.24, 2.45) is 11.8 Å². The van der Waals surface area contributed by atoms with E-state index in [1.54, 1.807) is 12.1 Å². The van der Waals surface area contributed by atoms with Gasteiger partial charge in [0, 0.05) is 18.0 Å².